The lowest BCUT2D eigenvalue weighted by Gasteiger charge is -2.36. The van der Waals surface area contributed by atoms with Crippen LogP contribution in [0.5, 0.6) is 0 Å². The Hall–Kier alpha value is -1.04. The molecule has 0 aromatic carbocycles. The predicted molar refractivity (Wildman–Crippen MR) is 125 cm³/mol. The Morgan fingerprint density at radius 1 is 1.21 bits per heavy atom. The van der Waals surface area contributed by atoms with Gasteiger partial charge < -0.3 is 15.1 Å². The summed E-state index contributed by atoms with van der Waals surface area (Å²) in [5, 5.41) is 3.42. The summed E-state index contributed by atoms with van der Waals surface area (Å²) in [5.74, 6) is 3.25. The van der Waals surface area contributed by atoms with Crippen LogP contribution in [0.15, 0.2) is 24.4 Å². The average Bonchev–Trinajstić information content (AvgIpc) is 2.73. The molecule has 1 atom stereocenters. The van der Waals surface area contributed by atoms with E-state index in [1.54, 1.807) is 0 Å². The zero-order valence-electron chi connectivity index (χ0n) is 17.9. The molecular weight excluding hydrogens is 407 g/mol. The van der Waals surface area contributed by atoms with Gasteiger partial charge in [0.15, 0.2) is 0 Å². The molecule has 2 fully saturated rings. The van der Waals surface area contributed by atoms with Crippen molar-refractivity contribution in [3.8, 4) is 0 Å². The van der Waals surface area contributed by atoms with Gasteiger partial charge in [-0.3, -0.25) is 4.79 Å². The lowest BCUT2D eigenvalue weighted by molar-refractivity contribution is -0.133. The molecule has 3 heterocycles. The van der Waals surface area contributed by atoms with Crippen molar-refractivity contribution in [1.82, 2.24) is 15.2 Å². The fraction of sp³-hybridized carbons (Fsp3) is 0.727. The minimum Gasteiger partial charge on any atom is -0.357 e. The predicted octanol–water partition coefficient (Wildman–Crippen LogP) is 4.02. The molecule has 2 aliphatic heterocycles. The SMILES string of the molecule is CCN(CC1CCN(c2ccccn2)CC1)C(=O)CC(C)C1CCNCC1.Cl.Cl. The fourth-order valence-electron chi connectivity index (χ4n) is 4.59. The van der Waals surface area contributed by atoms with E-state index >= 15 is 0 Å². The molecule has 29 heavy (non-hydrogen) atoms. The number of anilines is 1. The number of carbonyl (C=O) groups excluding carboxylic acids is 1. The number of halogens is 2. The minimum atomic E-state index is 0. The van der Waals surface area contributed by atoms with Gasteiger partial charge in [0.05, 0.1) is 0 Å². The summed E-state index contributed by atoms with van der Waals surface area (Å²) in [6, 6.07) is 6.10. The molecule has 2 aliphatic rings. The largest absolute Gasteiger partial charge is 0.357 e. The normalized spacial score (nSPS) is 19.0. The quantitative estimate of drug-likeness (QED) is 0.689. The topological polar surface area (TPSA) is 48.5 Å². The zero-order chi connectivity index (χ0) is 19.1. The molecule has 0 aliphatic carbocycles. The van der Waals surface area contributed by atoms with Crippen molar-refractivity contribution in [1.29, 1.82) is 0 Å². The second-order valence-corrected chi connectivity index (χ2v) is 8.32. The number of nitrogens with one attached hydrogen (secondary N) is 1. The first kappa shape index (κ1) is 26.0. The van der Waals surface area contributed by atoms with Gasteiger partial charge in [0.1, 0.15) is 5.82 Å². The van der Waals surface area contributed by atoms with E-state index in [4.69, 9.17) is 0 Å². The smallest absolute Gasteiger partial charge is 0.222 e. The van der Waals surface area contributed by atoms with Gasteiger partial charge in [-0.2, -0.15) is 0 Å². The van der Waals surface area contributed by atoms with Crippen LogP contribution < -0.4 is 10.2 Å². The molecule has 5 nitrogen and oxygen atoms in total. The van der Waals surface area contributed by atoms with Crippen molar-refractivity contribution < 1.29 is 4.79 Å². The third-order valence-corrected chi connectivity index (χ3v) is 6.49. The molecule has 2 saturated heterocycles. The van der Waals surface area contributed by atoms with Gasteiger partial charge in [-0.1, -0.05) is 13.0 Å². The zero-order valence-corrected chi connectivity index (χ0v) is 19.5. The molecule has 3 rings (SSSR count). The van der Waals surface area contributed by atoms with Crippen LogP contribution in [-0.2, 0) is 4.79 Å². The van der Waals surface area contributed by atoms with E-state index in [2.05, 4.69) is 46.1 Å². The molecule has 0 spiro atoms. The molecule has 0 bridgehead atoms. The number of nitrogens with zero attached hydrogens (tertiary/aromatic N) is 3. The van der Waals surface area contributed by atoms with Crippen LogP contribution in [0.25, 0.3) is 0 Å². The summed E-state index contributed by atoms with van der Waals surface area (Å²) in [4.78, 5) is 21.8. The van der Waals surface area contributed by atoms with Crippen LogP contribution in [-0.4, -0.2) is 55.1 Å². The minimum absolute atomic E-state index is 0. The second-order valence-electron chi connectivity index (χ2n) is 8.32. The highest BCUT2D eigenvalue weighted by Gasteiger charge is 2.26. The molecule has 0 radical (unpaired) electrons. The maximum absolute atomic E-state index is 12.9. The molecule has 1 unspecified atom stereocenters. The van der Waals surface area contributed by atoms with E-state index in [1.807, 2.05) is 12.3 Å². The number of pyridine rings is 1. The number of amides is 1. The average molecular weight is 445 g/mol. The maximum atomic E-state index is 12.9. The van der Waals surface area contributed by atoms with Gasteiger partial charge in [-0.15, -0.1) is 24.8 Å². The van der Waals surface area contributed by atoms with E-state index in [0.29, 0.717) is 30.1 Å². The highest BCUT2D eigenvalue weighted by molar-refractivity contribution is 5.85. The molecule has 1 aromatic heterocycles. The van der Waals surface area contributed by atoms with Crippen molar-refractivity contribution in [3.63, 3.8) is 0 Å². The van der Waals surface area contributed by atoms with Crippen LogP contribution in [0.3, 0.4) is 0 Å². The van der Waals surface area contributed by atoms with Crippen LogP contribution in [0, 0.1) is 17.8 Å². The van der Waals surface area contributed by atoms with Gasteiger partial charge >= 0.3 is 0 Å². The van der Waals surface area contributed by atoms with E-state index in [-0.39, 0.29) is 24.8 Å². The van der Waals surface area contributed by atoms with Crippen LogP contribution in [0.1, 0.15) is 46.0 Å². The van der Waals surface area contributed by atoms with Crippen molar-refractivity contribution >= 4 is 36.5 Å². The van der Waals surface area contributed by atoms with Crippen LogP contribution >= 0.6 is 24.8 Å². The molecular formula is C22H38Cl2N4O. The van der Waals surface area contributed by atoms with Crippen molar-refractivity contribution in [3.05, 3.63) is 24.4 Å². The fourth-order valence-corrected chi connectivity index (χ4v) is 4.59. The summed E-state index contributed by atoms with van der Waals surface area (Å²) in [7, 11) is 0. The summed E-state index contributed by atoms with van der Waals surface area (Å²) in [6.07, 6.45) is 7.29. The first-order chi connectivity index (χ1) is 13.2. The number of aromatic nitrogens is 1. The monoisotopic (exact) mass is 444 g/mol. The Kier molecular flexibility index (Phi) is 11.9. The van der Waals surface area contributed by atoms with Gasteiger partial charge in [-0.25, -0.2) is 4.98 Å². The Morgan fingerprint density at radius 2 is 1.90 bits per heavy atom. The van der Waals surface area contributed by atoms with Gasteiger partial charge in [0.25, 0.3) is 0 Å². The molecule has 166 valence electrons. The molecule has 1 amide bonds. The van der Waals surface area contributed by atoms with Crippen molar-refractivity contribution in [2.24, 2.45) is 17.8 Å². The maximum Gasteiger partial charge on any atom is 0.222 e. The van der Waals surface area contributed by atoms with Gasteiger partial charge in [0.2, 0.25) is 5.91 Å². The molecule has 1 aromatic rings. The lowest BCUT2D eigenvalue weighted by Crippen LogP contribution is -2.42. The summed E-state index contributed by atoms with van der Waals surface area (Å²) in [5.41, 5.74) is 0. The molecule has 7 heteroatoms. The van der Waals surface area contributed by atoms with Crippen molar-refractivity contribution in [2.75, 3.05) is 44.2 Å². The van der Waals surface area contributed by atoms with E-state index in [9.17, 15) is 4.79 Å². The number of hydrogen-bond acceptors (Lipinski definition) is 4. The van der Waals surface area contributed by atoms with Crippen LogP contribution in [0.4, 0.5) is 5.82 Å². The highest BCUT2D eigenvalue weighted by atomic mass is 35.5. The van der Waals surface area contributed by atoms with E-state index in [0.717, 1.165) is 57.9 Å². The van der Waals surface area contributed by atoms with Crippen LogP contribution in [0.2, 0.25) is 0 Å². The molecule has 1 N–H and O–H groups in total. The Balaban J connectivity index is 0.00000210. The summed E-state index contributed by atoms with van der Waals surface area (Å²) < 4.78 is 0. The third kappa shape index (κ3) is 7.62. The number of carbonyl (C=O) groups is 1. The van der Waals surface area contributed by atoms with E-state index < -0.39 is 0 Å². The standard InChI is InChI=1S/C22H36N4O.2ClH/c1-3-25(22(27)16-18(2)20-7-12-23-13-8-20)17-19-9-14-26(15-10-19)21-6-4-5-11-24-21;;/h4-6,11,18-20,23H,3,7-10,12-17H2,1-2H3;2*1H. The summed E-state index contributed by atoms with van der Waals surface area (Å²) in [6.45, 7) is 10.4. The first-order valence-corrected chi connectivity index (χ1v) is 10.8. The third-order valence-electron chi connectivity index (χ3n) is 6.49. The Labute approximate surface area is 188 Å². The van der Waals surface area contributed by atoms with Crippen molar-refractivity contribution in [2.45, 2.75) is 46.0 Å². The Bertz CT molecular complexity index is 575. The number of piperidine rings is 2. The highest BCUT2D eigenvalue weighted by Crippen LogP contribution is 2.26. The number of hydrogen-bond donors (Lipinski definition) is 1. The Morgan fingerprint density at radius 3 is 2.48 bits per heavy atom. The summed E-state index contributed by atoms with van der Waals surface area (Å²) >= 11 is 0. The first-order valence-electron chi connectivity index (χ1n) is 10.8. The van der Waals surface area contributed by atoms with E-state index in [1.165, 1.54) is 12.8 Å². The number of rotatable bonds is 7. The molecule has 0 saturated carbocycles. The second kappa shape index (κ2) is 13.3. The van der Waals surface area contributed by atoms with Gasteiger partial charge in [-0.05, 0) is 75.6 Å². The lowest BCUT2D eigenvalue weighted by atomic mass is 9.84. The van der Waals surface area contributed by atoms with Gasteiger partial charge in [0, 0.05) is 38.8 Å².